The standard InChI is InChI=1S/C23H29N3O4/c27-21(11-6-13-25-23(28)29-17-18-7-2-1-3-8-18)26-16-19-12-14-24-22(15-19)30-20-9-4-5-10-20/h1-3,7-8,12,14-15,20H,4-6,9-11,13,16-17H2,(H,25,28)(H,26,27). The van der Waals surface area contributed by atoms with Crippen LogP contribution < -0.4 is 15.4 Å². The molecule has 0 saturated heterocycles. The Morgan fingerprint density at radius 3 is 2.63 bits per heavy atom. The maximum absolute atomic E-state index is 12.0. The number of carbonyl (C=O) groups excluding carboxylic acids is 2. The molecule has 1 fully saturated rings. The zero-order valence-electron chi connectivity index (χ0n) is 17.1. The maximum atomic E-state index is 12.0. The number of hydrogen-bond donors (Lipinski definition) is 2. The number of hydrogen-bond acceptors (Lipinski definition) is 5. The van der Waals surface area contributed by atoms with E-state index in [9.17, 15) is 9.59 Å². The molecule has 1 aliphatic carbocycles. The smallest absolute Gasteiger partial charge is 0.407 e. The second-order valence-corrected chi connectivity index (χ2v) is 7.40. The molecule has 1 aromatic carbocycles. The number of amides is 2. The second-order valence-electron chi connectivity index (χ2n) is 7.40. The number of nitrogens with one attached hydrogen (secondary N) is 2. The van der Waals surface area contributed by atoms with Gasteiger partial charge in [0.2, 0.25) is 11.8 Å². The average Bonchev–Trinajstić information content (AvgIpc) is 3.28. The Bertz CT molecular complexity index is 807. The van der Waals surface area contributed by atoms with Crippen LogP contribution in [0.15, 0.2) is 48.7 Å². The summed E-state index contributed by atoms with van der Waals surface area (Å²) in [6.07, 6.45) is 6.93. The molecule has 0 spiro atoms. The van der Waals surface area contributed by atoms with Crippen LogP contribution in [-0.2, 0) is 22.7 Å². The average molecular weight is 412 g/mol. The number of ether oxygens (including phenoxy) is 2. The monoisotopic (exact) mass is 411 g/mol. The zero-order chi connectivity index (χ0) is 21.0. The molecule has 7 heteroatoms. The normalized spacial score (nSPS) is 13.6. The maximum Gasteiger partial charge on any atom is 0.407 e. The first-order chi connectivity index (χ1) is 14.7. The van der Waals surface area contributed by atoms with Gasteiger partial charge in [-0.05, 0) is 49.3 Å². The summed E-state index contributed by atoms with van der Waals surface area (Å²) in [5.74, 6) is 0.552. The molecule has 0 radical (unpaired) electrons. The summed E-state index contributed by atoms with van der Waals surface area (Å²) in [5, 5.41) is 5.55. The first kappa shape index (κ1) is 21.6. The molecular weight excluding hydrogens is 382 g/mol. The summed E-state index contributed by atoms with van der Waals surface area (Å²) >= 11 is 0. The molecular formula is C23H29N3O4. The first-order valence-corrected chi connectivity index (χ1v) is 10.5. The minimum atomic E-state index is -0.481. The molecule has 0 unspecified atom stereocenters. The molecule has 1 saturated carbocycles. The van der Waals surface area contributed by atoms with E-state index in [2.05, 4.69) is 15.6 Å². The Labute approximate surface area is 177 Å². The lowest BCUT2D eigenvalue weighted by Gasteiger charge is -2.13. The predicted octanol–water partition coefficient (Wildman–Crippen LogP) is 3.73. The lowest BCUT2D eigenvalue weighted by molar-refractivity contribution is -0.121. The Morgan fingerprint density at radius 1 is 1.03 bits per heavy atom. The van der Waals surface area contributed by atoms with Crippen LogP contribution in [0.2, 0.25) is 0 Å². The van der Waals surface area contributed by atoms with E-state index in [-0.39, 0.29) is 18.6 Å². The molecule has 1 aliphatic rings. The number of pyridine rings is 1. The van der Waals surface area contributed by atoms with Gasteiger partial charge in [0, 0.05) is 31.8 Å². The van der Waals surface area contributed by atoms with E-state index in [4.69, 9.17) is 9.47 Å². The molecule has 30 heavy (non-hydrogen) atoms. The highest BCUT2D eigenvalue weighted by Gasteiger charge is 2.17. The van der Waals surface area contributed by atoms with E-state index in [0.29, 0.717) is 31.8 Å². The highest BCUT2D eigenvalue weighted by molar-refractivity contribution is 5.76. The van der Waals surface area contributed by atoms with Gasteiger partial charge in [-0.25, -0.2) is 9.78 Å². The molecule has 160 valence electrons. The number of benzene rings is 1. The van der Waals surface area contributed by atoms with Crippen molar-refractivity contribution in [2.24, 2.45) is 0 Å². The molecule has 0 aliphatic heterocycles. The van der Waals surface area contributed by atoms with Crippen molar-refractivity contribution >= 4 is 12.0 Å². The van der Waals surface area contributed by atoms with E-state index >= 15 is 0 Å². The second kappa shape index (κ2) is 11.8. The van der Waals surface area contributed by atoms with Crippen LogP contribution in [0, 0.1) is 0 Å². The summed E-state index contributed by atoms with van der Waals surface area (Å²) in [4.78, 5) is 28.0. The predicted molar refractivity (Wildman–Crippen MR) is 113 cm³/mol. The third-order valence-electron chi connectivity index (χ3n) is 4.94. The Kier molecular flexibility index (Phi) is 8.50. The van der Waals surface area contributed by atoms with Crippen LogP contribution in [0.25, 0.3) is 0 Å². The van der Waals surface area contributed by atoms with E-state index in [1.807, 2.05) is 42.5 Å². The van der Waals surface area contributed by atoms with Gasteiger partial charge in [-0.1, -0.05) is 30.3 Å². The molecule has 2 amide bonds. The lowest BCUT2D eigenvalue weighted by Crippen LogP contribution is -2.27. The molecule has 3 rings (SSSR count). The van der Waals surface area contributed by atoms with Gasteiger partial charge in [-0.15, -0.1) is 0 Å². The van der Waals surface area contributed by atoms with Crippen LogP contribution in [0.3, 0.4) is 0 Å². The molecule has 7 nitrogen and oxygen atoms in total. The molecule has 2 N–H and O–H groups in total. The summed E-state index contributed by atoms with van der Waals surface area (Å²) < 4.78 is 11.0. The van der Waals surface area contributed by atoms with Crippen LogP contribution in [0.4, 0.5) is 4.79 Å². The van der Waals surface area contributed by atoms with Crippen molar-refractivity contribution in [3.05, 3.63) is 59.8 Å². The van der Waals surface area contributed by atoms with E-state index < -0.39 is 6.09 Å². The largest absolute Gasteiger partial charge is 0.474 e. The van der Waals surface area contributed by atoms with Gasteiger partial charge in [0.1, 0.15) is 12.7 Å². The van der Waals surface area contributed by atoms with Crippen LogP contribution >= 0.6 is 0 Å². The van der Waals surface area contributed by atoms with Crippen molar-refractivity contribution in [1.82, 2.24) is 15.6 Å². The molecule has 1 heterocycles. The molecule has 1 aromatic heterocycles. The summed E-state index contributed by atoms with van der Waals surface area (Å²) in [7, 11) is 0. The van der Waals surface area contributed by atoms with Crippen molar-refractivity contribution in [1.29, 1.82) is 0 Å². The Balaban J connectivity index is 1.27. The summed E-state index contributed by atoms with van der Waals surface area (Å²) in [6.45, 7) is 1.04. The van der Waals surface area contributed by atoms with Gasteiger partial charge in [0.15, 0.2) is 0 Å². The van der Waals surface area contributed by atoms with Crippen molar-refractivity contribution in [3.8, 4) is 5.88 Å². The first-order valence-electron chi connectivity index (χ1n) is 10.5. The van der Waals surface area contributed by atoms with Crippen molar-refractivity contribution in [3.63, 3.8) is 0 Å². The number of nitrogens with zero attached hydrogens (tertiary/aromatic N) is 1. The third-order valence-corrected chi connectivity index (χ3v) is 4.94. The fourth-order valence-electron chi connectivity index (χ4n) is 3.30. The highest BCUT2D eigenvalue weighted by Crippen LogP contribution is 2.23. The third kappa shape index (κ3) is 7.73. The van der Waals surface area contributed by atoms with Gasteiger partial charge in [-0.2, -0.15) is 0 Å². The molecule has 2 aromatic rings. The fraction of sp³-hybridized carbons (Fsp3) is 0.435. The van der Waals surface area contributed by atoms with Crippen LogP contribution in [0.1, 0.15) is 49.7 Å². The number of aromatic nitrogens is 1. The topological polar surface area (TPSA) is 89.6 Å². The van der Waals surface area contributed by atoms with E-state index in [1.54, 1.807) is 6.20 Å². The summed E-state index contributed by atoms with van der Waals surface area (Å²) in [5.41, 5.74) is 1.88. The molecule has 0 atom stereocenters. The van der Waals surface area contributed by atoms with Gasteiger partial charge in [0.25, 0.3) is 0 Å². The number of rotatable bonds is 10. The van der Waals surface area contributed by atoms with Gasteiger partial charge in [0.05, 0.1) is 0 Å². The van der Waals surface area contributed by atoms with E-state index in [1.165, 1.54) is 12.8 Å². The van der Waals surface area contributed by atoms with Crippen molar-refractivity contribution < 1.29 is 19.1 Å². The SMILES string of the molecule is O=C(CCCNC(=O)OCc1ccccc1)NCc1ccnc(OC2CCCC2)c1. The van der Waals surface area contributed by atoms with Gasteiger partial charge < -0.3 is 20.1 Å². The van der Waals surface area contributed by atoms with E-state index in [0.717, 1.165) is 24.0 Å². The van der Waals surface area contributed by atoms with Gasteiger partial charge in [-0.3, -0.25) is 4.79 Å². The summed E-state index contributed by atoms with van der Waals surface area (Å²) in [6, 6.07) is 13.2. The van der Waals surface area contributed by atoms with Crippen LogP contribution in [-0.4, -0.2) is 29.6 Å². The minimum Gasteiger partial charge on any atom is -0.474 e. The quantitative estimate of drug-likeness (QED) is 0.582. The van der Waals surface area contributed by atoms with Gasteiger partial charge >= 0.3 is 6.09 Å². The van der Waals surface area contributed by atoms with Crippen LogP contribution in [0.5, 0.6) is 5.88 Å². The Morgan fingerprint density at radius 2 is 1.83 bits per heavy atom. The lowest BCUT2D eigenvalue weighted by atomic mass is 10.2. The van der Waals surface area contributed by atoms with Crippen molar-refractivity contribution in [2.75, 3.05) is 6.54 Å². The number of alkyl carbamates (subject to hydrolysis) is 1. The zero-order valence-corrected chi connectivity index (χ0v) is 17.1. The molecule has 0 bridgehead atoms. The highest BCUT2D eigenvalue weighted by atomic mass is 16.5. The Hall–Kier alpha value is -3.09. The fourth-order valence-corrected chi connectivity index (χ4v) is 3.30. The number of carbonyl (C=O) groups is 2. The minimum absolute atomic E-state index is 0.0653. The van der Waals surface area contributed by atoms with Crippen molar-refractivity contribution in [2.45, 2.75) is 57.8 Å².